The number of hydrogen-bond donors (Lipinski definition) is 2. The molecule has 0 atom stereocenters. The molecule has 0 heterocycles. The molecule has 0 unspecified atom stereocenters. The second-order valence-corrected chi connectivity index (χ2v) is 7.34. The molecule has 3 nitrogen and oxygen atoms in total. The van der Waals surface area contributed by atoms with Crippen LogP contribution in [0.15, 0.2) is 48.5 Å². The number of hydrogen-bond acceptors (Lipinski definition) is 3. The number of phenols is 2. The number of unbranched alkanes of at least 4 members (excludes halogenated alkanes) is 7. The highest BCUT2D eigenvalue weighted by Gasteiger charge is 2.13. The third kappa shape index (κ3) is 7.22. The first-order chi connectivity index (χ1) is 13.6. The first-order valence-corrected chi connectivity index (χ1v) is 10.4. The quantitative estimate of drug-likeness (QED) is 0.245. The lowest BCUT2D eigenvalue weighted by Gasteiger charge is -2.04. The molecule has 0 amide bonds. The molecular formula is C25H32O3. The molecule has 0 saturated heterocycles. The van der Waals surface area contributed by atoms with Crippen LogP contribution in [0, 0.1) is 0 Å². The van der Waals surface area contributed by atoms with Gasteiger partial charge in [-0.15, -0.1) is 0 Å². The Morgan fingerprint density at radius 2 is 1.39 bits per heavy atom. The number of phenolic OH excluding ortho intramolecular Hbond substituents is 2. The Labute approximate surface area is 168 Å². The maximum Gasteiger partial charge on any atom is 0.193 e. The van der Waals surface area contributed by atoms with E-state index in [1.54, 1.807) is 6.08 Å². The molecular weight excluding hydrogens is 348 g/mol. The highest BCUT2D eigenvalue weighted by Crippen LogP contribution is 2.27. The molecule has 2 rings (SSSR count). The molecule has 0 spiro atoms. The zero-order valence-electron chi connectivity index (χ0n) is 16.9. The van der Waals surface area contributed by atoms with Crippen molar-refractivity contribution in [3.63, 3.8) is 0 Å². The number of aromatic hydroxyl groups is 2. The first-order valence-electron chi connectivity index (χ1n) is 10.4. The molecule has 0 fully saturated rings. The molecule has 28 heavy (non-hydrogen) atoms. The van der Waals surface area contributed by atoms with Gasteiger partial charge in [0.15, 0.2) is 5.78 Å². The molecule has 2 aromatic rings. The van der Waals surface area contributed by atoms with Gasteiger partial charge in [-0.1, -0.05) is 88.3 Å². The molecule has 0 radical (unpaired) electrons. The Morgan fingerprint density at radius 1 is 0.821 bits per heavy atom. The van der Waals surface area contributed by atoms with Crippen molar-refractivity contribution in [3.05, 3.63) is 65.2 Å². The molecule has 0 aliphatic rings. The van der Waals surface area contributed by atoms with Crippen LogP contribution in [0.25, 0.3) is 6.08 Å². The van der Waals surface area contributed by atoms with Crippen LogP contribution < -0.4 is 0 Å². The monoisotopic (exact) mass is 380 g/mol. The van der Waals surface area contributed by atoms with E-state index >= 15 is 0 Å². The van der Waals surface area contributed by atoms with Crippen molar-refractivity contribution in [2.24, 2.45) is 0 Å². The summed E-state index contributed by atoms with van der Waals surface area (Å²) in [5, 5.41) is 19.5. The summed E-state index contributed by atoms with van der Waals surface area (Å²) in [6.07, 6.45) is 14.7. The Kier molecular flexibility index (Phi) is 9.33. The van der Waals surface area contributed by atoms with Crippen LogP contribution in [0.3, 0.4) is 0 Å². The fraction of sp³-hybridized carbons (Fsp3) is 0.400. The second kappa shape index (κ2) is 12.0. The third-order valence-corrected chi connectivity index (χ3v) is 4.99. The first kappa shape index (κ1) is 21.7. The lowest BCUT2D eigenvalue weighted by atomic mass is 10.0. The van der Waals surface area contributed by atoms with Crippen molar-refractivity contribution in [1.82, 2.24) is 0 Å². The summed E-state index contributed by atoms with van der Waals surface area (Å²) in [7, 11) is 0. The van der Waals surface area contributed by atoms with E-state index in [-0.39, 0.29) is 17.1 Å². The SMILES string of the molecule is CCCCCCCCCCc1ccc(C=CC(=O)c2c(O)cccc2O)cc1. The van der Waals surface area contributed by atoms with Crippen LogP contribution in [0.5, 0.6) is 11.5 Å². The maximum atomic E-state index is 12.2. The highest BCUT2D eigenvalue weighted by molar-refractivity contribution is 6.10. The van der Waals surface area contributed by atoms with Crippen molar-refractivity contribution < 1.29 is 15.0 Å². The minimum atomic E-state index is -0.418. The van der Waals surface area contributed by atoms with E-state index in [2.05, 4.69) is 19.1 Å². The van der Waals surface area contributed by atoms with E-state index in [0.29, 0.717) is 0 Å². The van der Waals surface area contributed by atoms with E-state index in [9.17, 15) is 15.0 Å². The van der Waals surface area contributed by atoms with E-state index < -0.39 is 5.78 Å². The second-order valence-electron chi connectivity index (χ2n) is 7.34. The van der Waals surface area contributed by atoms with Gasteiger partial charge in [-0.25, -0.2) is 0 Å². The normalized spacial score (nSPS) is 11.2. The van der Waals surface area contributed by atoms with Crippen molar-refractivity contribution in [2.75, 3.05) is 0 Å². The van der Waals surface area contributed by atoms with Gasteiger partial charge in [0.05, 0.1) is 0 Å². The summed E-state index contributed by atoms with van der Waals surface area (Å²) < 4.78 is 0. The number of aryl methyl sites for hydroxylation is 1. The summed E-state index contributed by atoms with van der Waals surface area (Å²) in [5.41, 5.74) is 2.17. The molecule has 0 saturated carbocycles. The third-order valence-electron chi connectivity index (χ3n) is 4.99. The van der Waals surface area contributed by atoms with Crippen LogP contribution in [-0.4, -0.2) is 16.0 Å². The number of benzene rings is 2. The number of rotatable bonds is 12. The summed E-state index contributed by atoms with van der Waals surface area (Å²) in [6.45, 7) is 2.25. The van der Waals surface area contributed by atoms with Crippen LogP contribution in [0.1, 0.15) is 79.8 Å². The van der Waals surface area contributed by atoms with Crippen LogP contribution in [-0.2, 0) is 6.42 Å². The Morgan fingerprint density at radius 3 is 2.00 bits per heavy atom. The van der Waals surface area contributed by atoms with E-state index in [1.165, 1.54) is 81.2 Å². The Bertz CT molecular complexity index is 740. The van der Waals surface area contributed by atoms with Gasteiger partial charge in [0.2, 0.25) is 0 Å². The maximum absolute atomic E-state index is 12.2. The Balaban J connectivity index is 1.76. The number of carbonyl (C=O) groups excluding carboxylic acids is 1. The van der Waals surface area contributed by atoms with Crippen LogP contribution >= 0.6 is 0 Å². The summed E-state index contributed by atoms with van der Waals surface area (Å²) in [4.78, 5) is 12.2. The predicted octanol–water partition coefficient (Wildman–Crippen LogP) is 6.68. The van der Waals surface area contributed by atoms with E-state index in [4.69, 9.17) is 0 Å². The molecule has 0 aliphatic carbocycles. The standard InChI is InChI=1S/C25H32O3/c1-2-3-4-5-6-7-8-9-11-20-14-16-21(17-15-20)18-19-24(28)25-22(26)12-10-13-23(25)27/h10,12-19,26-27H,2-9,11H2,1H3. The topological polar surface area (TPSA) is 57.5 Å². The smallest absolute Gasteiger partial charge is 0.193 e. The number of ketones is 1. The van der Waals surface area contributed by atoms with Crippen molar-refractivity contribution >= 4 is 11.9 Å². The van der Waals surface area contributed by atoms with Gasteiger partial charge in [-0.2, -0.15) is 0 Å². The zero-order chi connectivity index (χ0) is 20.2. The van der Waals surface area contributed by atoms with Gasteiger partial charge in [0.1, 0.15) is 17.1 Å². The molecule has 0 aliphatic heterocycles. The van der Waals surface area contributed by atoms with E-state index in [1.807, 2.05) is 12.1 Å². The molecule has 2 N–H and O–H groups in total. The van der Waals surface area contributed by atoms with Gasteiger partial charge >= 0.3 is 0 Å². The van der Waals surface area contributed by atoms with Gasteiger partial charge < -0.3 is 10.2 Å². The van der Waals surface area contributed by atoms with Crippen molar-refractivity contribution in [1.29, 1.82) is 0 Å². The zero-order valence-corrected chi connectivity index (χ0v) is 16.9. The summed E-state index contributed by atoms with van der Waals surface area (Å²) in [6, 6.07) is 12.5. The fourth-order valence-electron chi connectivity index (χ4n) is 3.29. The average Bonchev–Trinajstić information content (AvgIpc) is 2.69. The van der Waals surface area contributed by atoms with Gasteiger partial charge in [-0.05, 0) is 42.2 Å². The average molecular weight is 381 g/mol. The van der Waals surface area contributed by atoms with Crippen LogP contribution in [0.2, 0.25) is 0 Å². The largest absolute Gasteiger partial charge is 0.507 e. The van der Waals surface area contributed by atoms with Crippen molar-refractivity contribution in [3.8, 4) is 11.5 Å². The predicted molar refractivity (Wildman–Crippen MR) is 116 cm³/mol. The molecule has 0 bridgehead atoms. The lowest BCUT2D eigenvalue weighted by Crippen LogP contribution is -1.95. The lowest BCUT2D eigenvalue weighted by molar-refractivity contribution is 0.104. The summed E-state index contributed by atoms with van der Waals surface area (Å²) in [5.74, 6) is -0.843. The minimum Gasteiger partial charge on any atom is -0.507 e. The molecule has 0 aromatic heterocycles. The van der Waals surface area contributed by atoms with Gasteiger partial charge in [-0.3, -0.25) is 4.79 Å². The molecule has 150 valence electrons. The molecule has 2 aromatic carbocycles. The minimum absolute atomic E-state index is 0.0648. The number of allylic oxidation sites excluding steroid dienone is 1. The van der Waals surface area contributed by atoms with Crippen LogP contribution in [0.4, 0.5) is 0 Å². The van der Waals surface area contributed by atoms with Gasteiger partial charge in [0, 0.05) is 0 Å². The van der Waals surface area contributed by atoms with Crippen molar-refractivity contribution in [2.45, 2.75) is 64.7 Å². The number of carbonyl (C=O) groups is 1. The fourth-order valence-corrected chi connectivity index (χ4v) is 3.29. The Hall–Kier alpha value is -2.55. The molecule has 3 heteroatoms. The van der Waals surface area contributed by atoms with Gasteiger partial charge in [0.25, 0.3) is 0 Å². The highest BCUT2D eigenvalue weighted by atomic mass is 16.3. The van der Waals surface area contributed by atoms with E-state index in [0.717, 1.165) is 12.0 Å². The summed E-state index contributed by atoms with van der Waals surface area (Å²) >= 11 is 0.